The summed E-state index contributed by atoms with van der Waals surface area (Å²) in [5.41, 5.74) is 6.53. The largest absolute Gasteiger partial charge is 0.508 e. The second-order valence-corrected chi connectivity index (χ2v) is 3.23. The van der Waals surface area contributed by atoms with Gasteiger partial charge in [0.15, 0.2) is 0 Å². The van der Waals surface area contributed by atoms with Gasteiger partial charge in [0.1, 0.15) is 5.75 Å². The van der Waals surface area contributed by atoms with Gasteiger partial charge in [-0.15, -0.1) is 12.4 Å². The number of nitrogens with two attached hydrogens (primary N) is 1. The average molecular weight is 232 g/mol. The first kappa shape index (κ1) is 13.7. The maximum atomic E-state index is 10.3. The number of hydrogen-bond donors (Lipinski definition) is 3. The van der Waals surface area contributed by atoms with Crippen molar-refractivity contribution in [3.63, 3.8) is 0 Å². The highest BCUT2D eigenvalue weighted by molar-refractivity contribution is 5.85. The lowest BCUT2D eigenvalue weighted by molar-refractivity contribution is -0.137. The van der Waals surface area contributed by atoms with E-state index in [4.69, 9.17) is 15.9 Å². The van der Waals surface area contributed by atoms with Crippen LogP contribution < -0.4 is 5.73 Å². The molecule has 0 aliphatic carbocycles. The first-order valence-corrected chi connectivity index (χ1v) is 4.33. The number of hydrogen-bond acceptors (Lipinski definition) is 3. The number of aliphatic carboxylic acids is 1. The van der Waals surface area contributed by atoms with Crippen LogP contribution in [0.3, 0.4) is 0 Å². The minimum absolute atomic E-state index is 0. The summed E-state index contributed by atoms with van der Waals surface area (Å²) in [6.07, 6.45) is 0.466. The van der Waals surface area contributed by atoms with Gasteiger partial charge in [-0.25, -0.2) is 0 Å². The normalized spacial score (nSPS) is 11.5. The maximum absolute atomic E-state index is 10.3. The Morgan fingerprint density at radius 3 is 2.33 bits per heavy atom. The molecule has 0 amide bonds. The standard InChI is InChI=1S/C10H13NO3.ClH/c11-8(6-10(13)14)5-7-1-3-9(12)4-2-7;/h1-4,8,12H,5-6,11H2,(H,13,14);1H. The van der Waals surface area contributed by atoms with E-state index in [-0.39, 0.29) is 30.6 Å². The van der Waals surface area contributed by atoms with E-state index in [0.29, 0.717) is 6.42 Å². The fourth-order valence-electron chi connectivity index (χ4n) is 1.23. The molecule has 15 heavy (non-hydrogen) atoms. The molecule has 1 rings (SSSR count). The molecule has 84 valence electrons. The summed E-state index contributed by atoms with van der Waals surface area (Å²) in [7, 11) is 0. The molecular formula is C10H14ClNO3. The van der Waals surface area contributed by atoms with E-state index in [0.717, 1.165) is 5.56 Å². The Morgan fingerprint density at radius 2 is 1.87 bits per heavy atom. The number of carboxylic acid groups (broad SMARTS) is 1. The van der Waals surface area contributed by atoms with Gasteiger partial charge in [0.05, 0.1) is 6.42 Å². The summed E-state index contributed by atoms with van der Waals surface area (Å²) < 4.78 is 0. The monoisotopic (exact) mass is 231 g/mol. The SMILES string of the molecule is Cl.NC(CC(=O)O)Cc1ccc(O)cc1. The van der Waals surface area contributed by atoms with E-state index in [9.17, 15) is 4.79 Å². The number of phenolic OH excluding ortho intramolecular Hbond substituents is 1. The van der Waals surface area contributed by atoms with Crippen LogP contribution in [-0.2, 0) is 11.2 Å². The quantitative estimate of drug-likeness (QED) is 0.726. The molecule has 0 aromatic heterocycles. The molecule has 1 unspecified atom stereocenters. The fourth-order valence-corrected chi connectivity index (χ4v) is 1.23. The third kappa shape index (κ3) is 5.24. The van der Waals surface area contributed by atoms with E-state index >= 15 is 0 Å². The average Bonchev–Trinajstić information content (AvgIpc) is 2.07. The lowest BCUT2D eigenvalue weighted by Crippen LogP contribution is -2.26. The van der Waals surface area contributed by atoms with Crippen LogP contribution in [0, 0.1) is 0 Å². The maximum Gasteiger partial charge on any atom is 0.304 e. The van der Waals surface area contributed by atoms with Crippen molar-refractivity contribution in [2.24, 2.45) is 5.73 Å². The Hall–Kier alpha value is -1.26. The van der Waals surface area contributed by atoms with E-state index in [1.54, 1.807) is 24.3 Å². The molecule has 1 aromatic rings. The van der Waals surface area contributed by atoms with E-state index in [2.05, 4.69) is 0 Å². The second-order valence-electron chi connectivity index (χ2n) is 3.23. The highest BCUT2D eigenvalue weighted by Crippen LogP contribution is 2.11. The van der Waals surface area contributed by atoms with Gasteiger partial charge in [-0.05, 0) is 24.1 Å². The summed E-state index contributed by atoms with van der Waals surface area (Å²) >= 11 is 0. The number of benzene rings is 1. The zero-order valence-corrected chi connectivity index (χ0v) is 8.91. The molecule has 0 fully saturated rings. The van der Waals surface area contributed by atoms with Gasteiger partial charge < -0.3 is 15.9 Å². The van der Waals surface area contributed by atoms with Crippen molar-refractivity contribution in [2.75, 3.05) is 0 Å². The number of carbonyl (C=O) groups is 1. The minimum atomic E-state index is -0.892. The molecule has 0 bridgehead atoms. The van der Waals surface area contributed by atoms with Crippen LogP contribution in [0.1, 0.15) is 12.0 Å². The molecule has 0 saturated heterocycles. The van der Waals surface area contributed by atoms with Crippen molar-refractivity contribution < 1.29 is 15.0 Å². The predicted molar refractivity (Wildman–Crippen MR) is 59.3 cm³/mol. The third-order valence-electron chi connectivity index (χ3n) is 1.87. The Kier molecular flexibility index (Phi) is 5.74. The molecule has 0 heterocycles. The van der Waals surface area contributed by atoms with Crippen LogP contribution in [-0.4, -0.2) is 22.2 Å². The smallest absolute Gasteiger partial charge is 0.304 e. The predicted octanol–water partition coefficient (Wildman–Crippen LogP) is 1.16. The molecule has 1 aromatic carbocycles. The topological polar surface area (TPSA) is 83.6 Å². The Labute approximate surface area is 94.1 Å². The van der Waals surface area contributed by atoms with Crippen LogP contribution in [0.4, 0.5) is 0 Å². The summed E-state index contributed by atoms with van der Waals surface area (Å²) in [5, 5.41) is 17.5. The zero-order valence-electron chi connectivity index (χ0n) is 8.09. The van der Waals surface area contributed by atoms with Gasteiger partial charge in [0, 0.05) is 6.04 Å². The third-order valence-corrected chi connectivity index (χ3v) is 1.87. The highest BCUT2D eigenvalue weighted by Gasteiger charge is 2.08. The minimum Gasteiger partial charge on any atom is -0.508 e. The van der Waals surface area contributed by atoms with Crippen molar-refractivity contribution in [1.82, 2.24) is 0 Å². The molecule has 4 N–H and O–H groups in total. The summed E-state index contributed by atoms with van der Waals surface area (Å²) in [6, 6.07) is 6.21. The van der Waals surface area contributed by atoms with Crippen LogP contribution >= 0.6 is 12.4 Å². The summed E-state index contributed by atoms with van der Waals surface area (Å²) in [6.45, 7) is 0. The van der Waals surface area contributed by atoms with Crippen molar-refractivity contribution in [1.29, 1.82) is 0 Å². The second kappa shape index (κ2) is 6.27. The number of halogens is 1. The lowest BCUT2D eigenvalue weighted by Gasteiger charge is -2.08. The summed E-state index contributed by atoms with van der Waals surface area (Å²) in [5.74, 6) is -0.697. The first-order valence-electron chi connectivity index (χ1n) is 4.33. The van der Waals surface area contributed by atoms with Gasteiger partial charge in [-0.3, -0.25) is 4.79 Å². The fraction of sp³-hybridized carbons (Fsp3) is 0.300. The summed E-state index contributed by atoms with van der Waals surface area (Å²) in [4.78, 5) is 10.3. The Bertz CT molecular complexity index is 313. The lowest BCUT2D eigenvalue weighted by atomic mass is 10.0. The van der Waals surface area contributed by atoms with Crippen LogP contribution in [0.5, 0.6) is 5.75 Å². The van der Waals surface area contributed by atoms with Gasteiger partial charge >= 0.3 is 5.97 Å². The molecule has 0 spiro atoms. The number of carboxylic acids is 1. The van der Waals surface area contributed by atoms with E-state index < -0.39 is 5.97 Å². The molecule has 0 aliphatic heterocycles. The van der Waals surface area contributed by atoms with Gasteiger partial charge in [0.25, 0.3) is 0 Å². The van der Waals surface area contributed by atoms with Crippen molar-refractivity contribution in [3.05, 3.63) is 29.8 Å². The van der Waals surface area contributed by atoms with Crippen LogP contribution in [0.15, 0.2) is 24.3 Å². The van der Waals surface area contributed by atoms with Crippen molar-refractivity contribution in [2.45, 2.75) is 18.9 Å². The van der Waals surface area contributed by atoms with E-state index in [1.807, 2.05) is 0 Å². The van der Waals surface area contributed by atoms with Crippen LogP contribution in [0.25, 0.3) is 0 Å². The molecule has 5 heteroatoms. The van der Waals surface area contributed by atoms with Crippen molar-refractivity contribution >= 4 is 18.4 Å². The Morgan fingerprint density at radius 1 is 1.33 bits per heavy atom. The van der Waals surface area contributed by atoms with Gasteiger partial charge in [-0.1, -0.05) is 12.1 Å². The van der Waals surface area contributed by atoms with Crippen LogP contribution in [0.2, 0.25) is 0 Å². The number of aromatic hydroxyl groups is 1. The molecule has 0 radical (unpaired) electrons. The molecule has 0 saturated carbocycles. The molecular weight excluding hydrogens is 218 g/mol. The Balaban J connectivity index is 0.00000196. The molecule has 1 atom stereocenters. The molecule has 4 nitrogen and oxygen atoms in total. The highest BCUT2D eigenvalue weighted by atomic mass is 35.5. The first-order chi connectivity index (χ1) is 6.58. The van der Waals surface area contributed by atoms with Crippen molar-refractivity contribution in [3.8, 4) is 5.75 Å². The molecule has 0 aliphatic rings. The zero-order chi connectivity index (χ0) is 10.6. The number of phenols is 1. The van der Waals surface area contributed by atoms with Gasteiger partial charge in [-0.2, -0.15) is 0 Å². The van der Waals surface area contributed by atoms with Gasteiger partial charge in [0.2, 0.25) is 0 Å². The number of rotatable bonds is 4. The van der Waals surface area contributed by atoms with E-state index in [1.165, 1.54) is 0 Å².